The minimum atomic E-state index is -0.107. The summed E-state index contributed by atoms with van der Waals surface area (Å²) < 4.78 is 1.45. The van der Waals surface area contributed by atoms with E-state index in [-0.39, 0.29) is 11.5 Å². The third kappa shape index (κ3) is 3.57. The summed E-state index contributed by atoms with van der Waals surface area (Å²) in [6.45, 7) is 5.61. The van der Waals surface area contributed by atoms with Crippen molar-refractivity contribution in [2.75, 3.05) is 26.2 Å². The van der Waals surface area contributed by atoms with Gasteiger partial charge in [-0.05, 0) is 30.2 Å². The van der Waals surface area contributed by atoms with Crippen molar-refractivity contribution in [1.82, 2.24) is 19.4 Å². The summed E-state index contributed by atoms with van der Waals surface area (Å²) in [5.74, 6) is -0.00930. The molecule has 2 aromatic heterocycles. The third-order valence-electron chi connectivity index (χ3n) is 5.16. The Hall–Kier alpha value is -2.22. The molecule has 28 heavy (non-hydrogen) atoms. The number of aryl methyl sites for hydroxylation is 2. The Balaban J connectivity index is 1.47. The molecule has 3 heterocycles. The molecule has 0 saturated carbocycles. The first-order valence-electron chi connectivity index (χ1n) is 9.15. The molecule has 1 aliphatic heterocycles. The number of nitrogens with zero attached hydrogens (tertiary/aromatic N) is 4. The van der Waals surface area contributed by atoms with Gasteiger partial charge in [-0.15, -0.1) is 11.3 Å². The Labute approximate surface area is 172 Å². The fraction of sp³-hybridized carbons (Fsp3) is 0.350. The monoisotopic (exact) mass is 416 g/mol. The van der Waals surface area contributed by atoms with Crippen molar-refractivity contribution in [3.05, 3.63) is 62.0 Å². The van der Waals surface area contributed by atoms with Gasteiger partial charge in [-0.3, -0.25) is 14.5 Å². The summed E-state index contributed by atoms with van der Waals surface area (Å²) >= 11 is 7.37. The van der Waals surface area contributed by atoms with Crippen molar-refractivity contribution in [2.24, 2.45) is 7.05 Å². The Morgan fingerprint density at radius 2 is 2.00 bits per heavy atom. The van der Waals surface area contributed by atoms with Crippen molar-refractivity contribution < 1.29 is 4.79 Å². The highest BCUT2D eigenvalue weighted by Crippen LogP contribution is 2.28. The fourth-order valence-electron chi connectivity index (χ4n) is 3.56. The molecule has 1 aromatic carbocycles. The van der Waals surface area contributed by atoms with E-state index in [1.807, 2.05) is 30.0 Å². The van der Waals surface area contributed by atoms with Gasteiger partial charge in [0.2, 0.25) is 0 Å². The zero-order valence-corrected chi connectivity index (χ0v) is 17.4. The Morgan fingerprint density at radius 3 is 2.71 bits per heavy atom. The quantitative estimate of drug-likeness (QED) is 0.658. The maximum Gasteiger partial charge on any atom is 0.264 e. The van der Waals surface area contributed by atoms with E-state index in [9.17, 15) is 9.59 Å². The first-order valence-corrected chi connectivity index (χ1v) is 10.3. The van der Waals surface area contributed by atoms with Gasteiger partial charge in [-0.2, -0.15) is 0 Å². The highest BCUT2D eigenvalue weighted by Gasteiger charge is 2.26. The molecule has 0 atom stereocenters. The number of rotatable bonds is 3. The van der Waals surface area contributed by atoms with Crippen molar-refractivity contribution in [3.63, 3.8) is 0 Å². The zero-order valence-electron chi connectivity index (χ0n) is 15.8. The van der Waals surface area contributed by atoms with E-state index in [2.05, 4.69) is 16.0 Å². The zero-order chi connectivity index (χ0) is 19.8. The Bertz CT molecular complexity index is 1100. The lowest BCUT2D eigenvalue weighted by molar-refractivity contribution is 0.0632. The molecule has 6 nitrogen and oxygen atoms in total. The molecule has 1 fully saturated rings. The van der Waals surface area contributed by atoms with Gasteiger partial charge in [0.05, 0.1) is 16.6 Å². The molecule has 0 unspecified atom stereocenters. The van der Waals surface area contributed by atoms with Gasteiger partial charge in [-0.25, -0.2) is 4.98 Å². The van der Waals surface area contributed by atoms with E-state index in [0.29, 0.717) is 28.2 Å². The van der Waals surface area contributed by atoms with Gasteiger partial charge in [0.25, 0.3) is 11.5 Å². The number of hydrogen-bond acceptors (Lipinski definition) is 5. The second kappa shape index (κ2) is 7.66. The highest BCUT2D eigenvalue weighted by atomic mass is 35.5. The maximum absolute atomic E-state index is 13.1. The van der Waals surface area contributed by atoms with Crippen molar-refractivity contribution >= 4 is 39.1 Å². The standard InChI is InChI=1S/C20H21ClN4O2S/c1-13-16-18(22-12-23(2)19(16)26)28-17(13)20(27)25-8-6-24(7-9-25)11-14-4-3-5-15(21)10-14/h3-5,10,12H,6-9,11H2,1-2H3. The van der Waals surface area contributed by atoms with E-state index in [1.54, 1.807) is 7.05 Å². The van der Waals surface area contributed by atoms with E-state index >= 15 is 0 Å². The van der Waals surface area contributed by atoms with Crippen LogP contribution >= 0.6 is 22.9 Å². The molecule has 146 valence electrons. The number of aromatic nitrogens is 2. The largest absolute Gasteiger partial charge is 0.335 e. The molecule has 1 aliphatic rings. The number of benzene rings is 1. The van der Waals surface area contributed by atoms with Crippen molar-refractivity contribution in [2.45, 2.75) is 13.5 Å². The van der Waals surface area contributed by atoms with Crippen LogP contribution in [0.1, 0.15) is 20.8 Å². The van der Waals surface area contributed by atoms with Crippen molar-refractivity contribution in [1.29, 1.82) is 0 Å². The minimum Gasteiger partial charge on any atom is -0.335 e. The molecular formula is C20H21ClN4O2S. The average molecular weight is 417 g/mol. The van der Waals surface area contributed by atoms with Gasteiger partial charge in [0.15, 0.2) is 0 Å². The number of halogens is 1. The van der Waals surface area contributed by atoms with Gasteiger partial charge < -0.3 is 9.47 Å². The Kier molecular flexibility index (Phi) is 5.23. The summed E-state index contributed by atoms with van der Waals surface area (Å²) in [7, 11) is 1.67. The first-order chi connectivity index (χ1) is 13.4. The van der Waals surface area contributed by atoms with E-state index in [1.165, 1.54) is 27.8 Å². The molecule has 0 spiro atoms. The van der Waals surface area contributed by atoms with E-state index < -0.39 is 0 Å². The van der Waals surface area contributed by atoms with Gasteiger partial charge in [0.1, 0.15) is 4.83 Å². The molecular weight excluding hydrogens is 396 g/mol. The third-order valence-corrected chi connectivity index (χ3v) is 6.58. The SMILES string of the molecule is Cc1c(C(=O)N2CCN(Cc3cccc(Cl)c3)CC2)sc2ncn(C)c(=O)c12. The molecule has 1 saturated heterocycles. The van der Waals surface area contributed by atoms with Crippen LogP contribution in [-0.2, 0) is 13.6 Å². The topological polar surface area (TPSA) is 58.4 Å². The number of hydrogen-bond donors (Lipinski definition) is 0. The Morgan fingerprint density at radius 1 is 1.25 bits per heavy atom. The van der Waals surface area contributed by atoms with Crippen LogP contribution < -0.4 is 5.56 Å². The summed E-state index contributed by atoms with van der Waals surface area (Å²) in [6.07, 6.45) is 1.50. The lowest BCUT2D eigenvalue weighted by atomic mass is 10.1. The summed E-state index contributed by atoms with van der Waals surface area (Å²) in [5, 5.41) is 1.30. The van der Waals surface area contributed by atoms with Gasteiger partial charge >= 0.3 is 0 Å². The number of piperazine rings is 1. The first kappa shape index (κ1) is 19.1. The van der Waals surface area contributed by atoms with Crippen LogP contribution in [0, 0.1) is 6.92 Å². The van der Waals surface area contributed by atoms with E-state index in [0.717, 1.165) is 30.2 Å². The van der Waals surface area contributed by atoms with Crippen molar-refractivity contribution in [3.8, 4) is 0 Å². The molecule has 0 aliphatic carbocycles. The van der Waals surface area contributed by atoms with Gasteiger partial charge in [0, 0.05) is 44.8 Å². The molecule has 0 N–H and O–H groups in total. The average Bonchev–Trinajstić information content (AvgIpc) is 3.02. The predicted octanol–water partition coefficient (Wildman–Crippen LogP) is 2.91. The second-order valence-electron chi connectivity index (χ2n) is 7.10. The van der Waals surface area contributed by atoms with Crippen LogP contribution in [0.5, 0.6) is 0 Å². The number of thiophene rings is 1. The molecule has 0 radical (unpaired) electrons. The number of carbonyl (C=O) groups is 1. The number of fused-ring (bicyclic) bond motifs is 1. The molecule has 1 amide bonds. The van der Waals surface area contributed by atoms with Crippen LogP contribution in [0.15, 0.2) is 35.4 Å². The maximum atomic E-state index is 13.1. The molecule has 3 aromatic rings. The highest BCUT2D eigenvalue weighted by molar-refractivity contribution is 7.20. The summed E-state index contributed by atoms with van der Waals surface area (Å²) in [5.41, 5.74) is 1.80. The van der Waals surface area contributed by atoms with Crippen LogP contribution in [0.4, 0.5) is 0 Å². The lowest BCUT2D eigenvalue weighted by Gasteiger charge is -2.34. The van der Waals surface area contributed by atoms with Crippen LogP contribution in [0.2, 0.25) is 5.02 Å². The van der Waals surface area contributed by atoms with Crippen LogP contribution in [0.3, 0.4) is 0 Å². The smallest absolute Gasteiger partial charge is 0.264 e. The second-order valence-corrected chi connectivity index (χ2v) is 8.53. The number of amides is 1. The normalized spacial score (nSPS) is 15.3. The summed E-state index contributed by atoms with van der Waals surface area (Å²) in [6, 6.07) is 7.88. The predicted molar refractivity (Wildman–Crippen MR) is 112 cm³/mol. The minimum absolute atomic E-state index is 0.00930. The lowest BCUT2D eigenvalue weighted by Crippen LogP contribution is -2.48. The van der Waals surface area contributed by atoms with E-state index in [4.69, 9.17) is 11.6 Å². The molecule has 4 rings (SSSR count). The summed E-state index contributed by atoms with van der Waals surface area (Å²) in [4.78, 5) is 35.2. The van der Waals surface area contributed by atoms with Gasteiger partial charge in [-0.1, -0.05) is 23.7 Å². The number of carbonyl (C=O) groups excluding carboxylic acids is 1. The van der Waals surface area contributed by atoms with Crippen LogP contribution in [0.25, 0.3) is 10.2 Å². The molecule has 0 bridgehead atoms. The fourth-order valence-corrected chi connectivity index (χ4v) is 4.88. The molecule has 8 heteroatoms. The van der Waals surface area contributed by atoms with Crippen LogP contribution in [-0.4, -0.2) is 51.4 Å².